The zero-order valence-electron chi connectivity index (χ0n) is 12.9. The minimum absolute atomic E-state index is 0.234. The van der Waals surface area contributed by atoms with Crippen molar-refractivity contribution in [1.29, 1.82) is 5.26 Å². The number of thioether (sulfide) groups is 1. The highest BCUT2D eigenvalue weighted by Gasteiger charge is 2.16. The molecule has 2 heterocycles. The van der Waals surface area contributed by atoms with Gasteiger partial charge in [0.15, 0.2) is 21.3 Å². The fourth-order valence-electron chi connectivity index (χ4n) is 2.21. The number of hydrogen-bond donors (Lipinski definition) is 1. The SMILES string of the molecule is CSc1nc2ccnn2c(Nc2ccc(S(C)(=O)=O)cc2)c1C#N. The van der Waals surface area contributed by atoms with Crippen molar-refractivity contribution in [3.8, 4) is 6.07 Å². The van der Waals surface area contributed by atoms with Crippen molar-refractivity contribution in [3.63, 3.8) is 0 Å². The number of nitrogens with zero attached hydrogens (tertiary/aromatic N) is 4. The second-order valence-corrected chi connectivity index (χ2v) is 7.79. The molecule has 122 valence electrons. The number of nitrogens with one attached hydrogen (secondary N) is 1. The molecule has 0 bridgehead atoms. The number of sulfone groups is 1. The van der Waals surface area contributed by atoms with E-state index in [0.29, 0.717) is 27.7 Å². The van der Waals surface area contributed by atoms with E-state index in [1.165, 1.54) is 23.9 Å². The third-order valence-corrected chi connectivity index (χ3v) is 5.16. The lowest BCUT2D eigenvalue weighted by atomic mass is 10.3. The van der Waals surface area contributed by atoms with Gasteiger partial charge in [0.25, 0.3) is 0 Å². The molecular formula is C15H13N5O2S2. The van der Waals surface area contributed by atoms with Crippen molar-refractivity contribution in [1.82, 2.24) is 14.6 Å². The molecule has 0 radical (unpaired) electrons. The zero-order valence-corrected chi connectivity index (χ0v) is 14.5. The quantitative estimate of drug-likeness (QED) is 0.564. The van der Waals surface area contributed by atoms with Crippen LogP contribution in [0.4, 0.5) is 11.5 Å². The number of aromatic nitrogens is 3. The summed E-state index contributed by atoms with van der Waals surface area (Å²) in [6.07, 6.45) is 4.61. The molecule has 0 saturated heterocycles. The van der Waals surface area contributed by atoms with Gasteiger partial charge in [-0.1, -0.05) is 0 Å². The van der Waals surface area contributed by atoms with Gasteiger partial charge in [0, 0.05) is 18.0 Å². The van der Waals surface area contributed by atoms with Crippen molar-refractivity contribution < 1.29 is 8.42 Å². The van der Waals surface area contributed by atoms with Gasteiger partial charge in [-0.2, -0.15) is 14.9 Å². The van der Waals surface area contributed by atoms with Gasteiger partial charge in [-0.05, 0) is 30.5 Å². The molecule has 0 saturated carbocycles. The first-order valence-electron chi connectivity index (χ1n) is 6.83. The van der Waals surface area contributed by atoms with Crippen LogP contribution >= 0.6 is 11.8 Å². The monoisotopic (exact) mass is 359 g/mol. The average molecular weight is 359 g/mol. The highest BCUT2D eigenvalue weighted by atomic mass is 32.2. The van der Waals surface area contributed by atoms with Gasteiger partial charge in [0.1, 0.15) is 16.7 Å². The van der Waals surface area contributed by atoms with Crippen LogP contribution in [0.2, 0.25) is 0 Å². The molecule has 3 rings (SSSR count). The van der Waals surface area contributed by atoms with Gasteiger partial charge >= 0.3 is 0 Å². The van der Waals surface area contributed by atoms with Crippen molar-refractivity contribution in [2.45, 2.75) is 9.92 Å². The van der Waals surface area contributed by atoms with Gasteiger partial charge in [0.05, 0.1) is 11.1 Å². The molecule has 24 heavy (non-hydrogen) atoms. The van der Waals surface area contributed by atoms with Crippen LogP contribution in [-0.2, 0) is 9.84 Å². The highest BCUT2D eigenvalue weighted by Crippen LogP contribution is 2.28. The molecule has 3 aromatic rings. The van der Waals surface area contributed by atoms with Crippen molar-refractivity contribution in [2.75, 3.05) is 17.8 Å². The van der Waals surface area contributed by atoms with E-state index >= 15 is 0 Å². The van der Waals surface area contributed by atoms with E-state index in [0.717, 1.165) is 6.26 Å². The normalized spacial score (nSPS) is 11.4. The first kappa shape index (κ1) is 16.3. The minimum atomic E-state index is -3.25. The highest BCUT2D eigenvalue weighted by molar-refractivity contribution is 7.98. The van der Waals surface area contributed by atoms with Gasteiger partial charge in [-0.25, -0.2) is 13.4 Å². The Kier molecular flexibility index (Phi) is 4.17. The third-order valence-electron chi connectivity index (χ3n) is 3.35. The van der Waals surface area contributed by atoms with Crippen molar-refractivity contribution >= 4 is 38.8 Å². The maximum absolute atomic E-state index is 11.5. The van der Waals surface area contributed by atoms with Crippen LogP contribution in [0.5, 0.6) is 0 Å². The average Bonchev–Trinajstić information content (AvgIpc) is 3.02. The van der Waals surface area contributed by atoms with E-state index < -0.39 is 9.84 Å². The predicted octanol–water partition coefficient (Wildman–Crippen LogP) is 2.47. The van der Waals surface area contributed by atoms with Crippen molar-refractivity contribution in [3.05, 3.63) is 42.1 Å². The molecule has 1 aromatic carbocycles. The number of fused-ring (bicyclic) bond motifs is 1. The van der Waals surface area contributed by atoms with Crippen LogP contribution in [0.15, 0.2) is 46.5 Å². The smallest absolute Gasteiger partial charge is 0.175 e. The standard InChI is InChI=1S/C15H13N5O2S2/c1-23-15-12(9-16)14(20-13(19-15)7-8-17-20)18-10-3-5-11(6-4-10)24(2,21)22/h3-8,18H,1-2H3. The summed E-state index contributed by atoms with van der Waals surface area (Å²) in [5.74, 6) is 0.490. The lowest BCUT2D eigenvalue weighted by Gasteiger charge is -2.12. The third kappa shape index (κ3) is 2.93. The van der Waals surface area contributed by atoms with Crippen LogP contribution in [0.25, 0.3) is 5.65 Å². The Morgan fingerprint density at radius 2 is 1.96 bits per heavy atom. The van der Waals surface area contributed by atoms with Gasteiger partial charge < -0.3 is 5.32 Å². The summed E-state index contributed by atoms with van der Waals surface area (Å²) in [6, 6.07) is 10.2. The van der Waals surface area contributed by atoms with Crippen LogP contribution in [0, 0.1) is 11.3 Å². The topological polar surface area (TPSA) is 100 Å². The van der Waals surface area contributed by atoms with Crippen molar-refractivity contribution in [2.24, 2.45) is 0 Å². The molecule has 0 aliphatic heterocycles. The van der Waals surface area contributed by atoms with E-state index in [2.05, 4.69) is 21.5 Å². The summed E-state index contributed by atoms with van der Waals surface area (Å²) in [6.45, 7) is 0. The van der Waals surface area contributed by atoms with E-state index in [4.69, 9.17) is 0 Å². The lowest BCUT2D eigenvalue weighted by molar-refractivity contribution is 0.602. The summed E-state index contributed by atoms with van der Waals surface area (Å²) >= 11 is 1.37. The fraction of sp³-hybridized carbons (Fsp3) is 0.133. The molecule has 2 aromatic heterocycles. The van der Waals surface area contributed by atoms with Crippen LogP contribution in [0.1, 0.15) is 5.56 Å². The molecule has 0 fully saturated rings. The summed E-state index contributed by atoms with van der Waals surface area (Å²) in [5, 5.41) is 17.4. The van der Waals surface area contributed by atoms with E-state index in [9.17, 15) is 13.7 Å². The molecule has 0 amide bonds. The fourth-order valence-corrected chi connectivity index (χ4v) is 3.37. The molecule has 0 unspecified atom stereocenters. The number of rotatable bonds is 4. The molecule has 0 aliphatic carbocycles. The maximum atomic E-state index is 11.5. The molecule has 0 atom stereocenters. The number of anilines is 2. The Bertz CT molecular complexity index is 1050. The summed E-state index contributed by atoms with van der Waals surface area (Å²) in [4.78, 5) is 4.63. The Balaban J connectivity index is 2.10. The predicted molar refractivity (Wildman–Crippen MR) is 92.3 cm³/mol. The van der Waals surface area contributed by atoms with Crippen LogP contribution in [-0.4, -0.2) is 35.5 Å². The van der Waals surface area contributed by atoms with E-state index in [1.54, 1.807) is 28.9 Å². The summed E-state index contributed by atoms with van der Waals surface area (Å²) in [5.41, 5.74) is 1.65. The minimum Gasteiger partial charge on any atom is -0.339 e. The molecule has 0 aliphatic rings. The first-order valence-corrected chi connectivity index (χ1v) is 9.94. The van der Waals surface area contributed by atoms with E-state index in [-0.39, 0.29) is 4.90 Å². The van der Waals surface area contributed by atoms with Gasteiger partial charge in [0.2, 0.25) is 0 Å². The number of hydrogen-bond acceptors (Lipinski definition) is 7. The zero-order chi connectivity index (χ0) is 17.3. The molecule has 1 N–H and O–H groups in total. The summed E-state index contributed by atoms with van der Waals surface area (Å²) in [7, 11) is -3.25. The Hall–Kier alpha value is -2.57. The van der Waals surface area contributed by atoms with Crippen LogP contribution in [0.3, 0.4) is 0 Å². The molecule has 7 nitrogen and oxygen atoms in total. The number of nitriles is 1. The lowest BCUT2D eigenvalue weighted by Crippen LogP contribution is -2.06. The van der Waals surface area contributed by atoms with Gasteiger partial charge in [-0.15, -0.1) is 11.8 Å². The Morgan fingerprint density at radius 1 is 1.25 bits per heavy atom. The maximum Gasteiger partial charge on any atom is 0.175 e. The summed E-state index contributed by atoms with van der Waals surface area (Å²) < 4.78 is 24.6. The molecule has 0 spiro atoms. The second kappa shape index (κ2) is 6.14. The largest absolute Gasteiger partial charge is 0.339 e. The van der Waals surface area contributed by atoms with Crippen LogP contribution < -0.4 is 5.32 Å². The molecule has 9 heteroatoms. The number of benzene rings is 1. The first-order chi connectivity index (χ1) is 11.4. The van der Waals surface area contributed by atoms with Gasteiger partial charge in [-0.3, -0.25) is 0 Å². The van der Waals surface area contributed by atoms with E-state index in [1.807, 2.05) is 6.26 Å². The molecular weight excluding hydrogens is 346 g/mol. The second-order valence-electron chi connectivity index (χ2n) is 4.98. The Labute approximate surface area is 143 Å². The Morgan fingerprint density at radius 3 is 2.54 bits per heavy atom.